The maximum Gasteiger partial charge on any atom is 0.238 e. The molecule has 1 fully saturated rings. The lowest BCUT2D eigenvalue weighted by Crippen LogP contribution is -2.51. The maximum absolute atomic E-state index is 12.0. The number of carbonyl (C=O) groups is 1. The van der Waals surface area contributed by atoms with E-state index in [1.807, 2.05) is 31.2 Å². The Bertz CT molecular complexity index is 439. The molecule has 118 valence electrons. The standard InChI is InChI=1S/C15H23N3O2.ClH/c1-3-20-14-6-4-13(5-7-14)17-15(19)11-18-9-8-16-10-12(18)2;/h4-7,12,16H,3,8-11H2,1-2H3,(H,17,19);1H. The molecule has 0 aromatic heterocycles. The molecule has 1 aliphatic rings. The van der Waals surface area contributed by atoms with E-state index in [2.05, 4.69) is 22.5 Å². The fourth-order valence-electron chi connectivity index (χ4n) is 2.30. The molecular weight excluding hydrogens is 290 g/mol. The summed E-state index contributed by atoms with van der Waals surface area (Å²) in [5.74, 6) is 0.851. The predicted octanol–water partition coefficient (Wildman–Crippen LogP) is 1.74. The van der Waals surface area contributed by atoms with Crippen LogP contribution in [-0.2, 0) is 4.79 Å². The average molecular weight is 314 g/mol. The van der Waals surface area contributed by atoms with Gasteiger partial charge in [-0.05, 0) is 38.1 Å². The van der Waals surface area contributed by atoms with Crippen LogP contribution in [0, 0.1) is 0 Å². The van der Waals surface area contributed by atoms with Gasteiger partial charge in [0.25, 0.3) is 0 Å². The van der Waals surface area contributed by atoms with E-state index in [1.165, 1.54) is 0 Å². The molecule has 2 rings (SSSR count). The number of hydrogen-bond donors (Lipinski definition) is 2. The van der Waals surface area contributed by atoms with E-state index >= 15 is 0 Å². The molecule has 5 nitrogen and oxygen atoms in total. The fourth-order valence-corrected chi connectivity index (χ4v) is 2.30. The quantitative estimate of drug-likeness (QED) is 0.869. The molecule has 1 unspecified atom stereocenters. The summed E-state index contributed by atoms with van der Waals surface area (Å²) in [6, 6.07) is 7.86. The zero-order chi connectivity index (χ0) is 14.4. The Labute approximate surface area is 132 Å². The summed E-state index contributed by atoms with van der Waals surface area (Å²) in [5, 5.41) is 6.24. The number of halogens is 1. The molecule has 0 aliphatic carbocycles. The lowest BCUT2D eigenvalue weighted by atomic mass is 10.2. The first-order chi connectivity index (χ1) is 9.69. The fraction of sp³-hybridized carbons (Fsp3) is 0.533. The number of hydrogen-bond acceptors (Lipinski definition) is 4. The first-order valence-electron chi connectivity index (χ1n) is 7.16. The second kappa shape index (κ2) is 8.87. The number of nitrogens with zero attached hydrogens (tertiary/aromatic N) is 1. The summed E-state index contributed by atoms with van der Waals surface area (Å²) >= 11 is 0. The van der Waals surface area contributed by atoms with Crippen LogP contribution in [0.25, 0.3) is 0 Å². The van der Waals surface area contributed by atoms with Crippen LogP contribution in [0.15, 0.2) is 24.3 Å². The van der Waals surface area contributed by atoms with E-state index in [4.69, 9.17) is 4.74 Å². The van der Waals surface area contributed by atoms with E-state index in [0.717, 1.165) is 31.1 Å². The van der Waals surface area contributed by atoms with Crippen LogP contribution in [0.4, 0.5) is 5.69 Å². The number of ether oxygens (including phenoxy) is 1. The van der Waals surface area contributed by atoms with Gasteiger partial charge in [0.2, 0.25) is 5.91 Å². The second-order valence-electron chi connectivity index (χ2n) is 5.03. The van der Waals surface area contributed by atoms with Crippen molar-refractivity contribution in [3.05, 3.63) is 24.3 Å². The van der Waals surface area contributed by atoms with Crippen LogP contribution >= 0.6 is 12.4 Å². The highest BCUT2D eigenvalue weighted by molar-refractivity contribution is 5.92. The van der Waals surface area contributed by atoms with E-state index in [-0.39, 0.29) is 18.3 Å². The van der Waals surface area contributed by atoms with Gasteiger partial charge in [0, 0.05) is 31.4 Å². The second-order valence-corrected chi connectivity index (χ2v) is 5.03. The minimum absolute atomic E-state index is 0. The van der Waals surface area contributed by atoms with Crippen molar-refractivity contribution in [2.45, 2.75) is 19.9 Å². The first-order valence-corrected chi connectivity index (χ1v) is 7.16. The first kappa shape index (κ1) is 17.8. The normalized spacial score (nSPS) is 18.7. The van der Waals surface area contributed by atoms with Crippen LogP contribution in [-0.4, -0.2) is 49.6 Å². The van der Waals surface area contributed by atoms with Crippen LogP contribution in [0.1, 0.15) is 13.8 Å². The monoisotopic (exact) mass is 313 g/mol. The van der Waals surface area contributed by atoms with Gasteiger partial charge >= 0.3 is 0 Å². The van der Waals surface area contributed by atoms with Crippen molar-refractivity contribution in [2.75, 3.05) is 38.1 Å². The summed E-state index contributed by atoms with van der Waals surface area (Å²) in [7, 11) is 0. The number of piperazine rings is 1. The van der Waals surface area contributed by atoms with Gasteiger partial charge in [0.05, 0.1) is 13.2 Å². The van der Waals surface area contributed by atoms with Gasteiger partial charge in [-0.3, -0.25) is 9.69 Å². The summed E-state index contributed by atoms with van der Waals surface area (Å²) < 4.78 is 5.37. The molecule has 1 aromatic rings. The van der Waals surface area contributed by atoms with Gasteiger partial charge in [0.15, 0.2) is 0 Å². The molecule has 0 radical (unpaired) electrons. The highest BCUT2D eigenvalue weighted by Gasteiger charge is 2.20. The van der Waals surface area contributed by atoms with Crippen LogP contribution in [0.5, 0.6) is 5.75 Å². The van der Waals surface area contributed by atoms with Gasteiger partial charge in [0.1, 0.15) is 5.75 Å². The molecule has 1 atom stereocenters. The largest absolute Gasteiger partial charge is 0.494 e. The number of nitrogens with one attached hydrogen (secondary N) is 2. The van der Waals surface area contributed by atoms with E-state index in [1.54, 1.807) is 0 Å². The third-order valence-corrected chi connectivity index (χ3v) is 3.43. The number of carbonyl (C=O) groups excluding carboxylic acids is 1. The smallest absolute Gasteiger partial charge is 0.238 e. The molecule has 1 aromatic carbocycles. The molecule has 0 saturated carbocycles. The Morgan fingerprint density at radius 1 is 1.43 bits per heavy atom. The molecule has 1 saturated heterocycles. The third-order valence-electron chi connectivity index (χ3n) is 3.43. The summed E-state index contributed by atoms with van der Waals surface area (Å²) in [4.78, 5) is 14.2. The van der Waals surface area contributed by atoms with E-state index in [0.29, 0.717) is 19.2 Å². The number of benzene rings is 1. The van der Waals surface area contributed by atoms with Crippen molar-refractivity contribution in [1.82, 2.24) is 10.2 Å². The minimum atomic E-state index is 0. The van der Waals surface area contributed by atoms with E-state index in [9.17, 15) is 4.79 Å². The van der Waals surface area contributed by atoms with E-state index < -0.39 is 0 Å². The third kappa shape index (κ3) is 5.53. The Morgan fingerprint density at radius 3 is 2.76 bits per heavy atom. The average Bonchev–Trinajstić information content (AvgIpc) is 2.44. The molecule has 6 heteroatoms. The molecule has 0 bridgehead atoms. The minimum Gasteiger partial charge on any atom is -0.494 e. The molecule has 0 spiro atoms. The maximum atomic E-state index is 12.0. The predicted molar refractivity (Wildman–Crippen MR) is 87.4 cm³/mol. The molecule has 2 N–H and O–H groups in total. The highest BCUT2D eigenvalue weighted by atomic mass is 35.5. The topological polar surface area (TPSA) is 53.6 Å². The van der Waals surface area contributed by atoms with Crippen molar-refractivity contribution in [3.63, 3.8) is 0 Å². The summed E-state index contributed by atoms with van der Waals surface area (Å²) in [5.41, 5.74) is 0.807. The number of rotatable bonds is 5. The summed E-state index contributed by atoms with van der Waals surface area (Å²) in [6.45, 7) is 7.97. The Kier molecular flexibility index (Phi) is 7.50. The zero-order valence-corrected chi connectivity index (χ0v) is 13.4. The van der Waals surface area contributed by atoms with Crippen molar-refractivity contribution < 1.29 is 9.53 Å². The lowest BCUT2D eigenvalue weighted by Gasteiger charge is -2.33. The zero-order valence-electron chi connectivity index (χ0n) is 12.6. The van der Waals surface area contributed by atoms with Crippen molar-refractivity contribution in [1.29, 1.82) is 0 Å². The number of anilines is 1. The van der Waals surface area contributed by atoms with Gasteiger partial charge < -0.3 is 15.4 Å². The lowest BCUT2D eigenvalue weighted by molar-refractivity contribution is -0.118. The van der Waals surface area contributed by atoms with Crippen molar-refractivity contribution >= 4 is 24.0 Å². The molecule has 1 heterocycles. The van der Waals surface area contributed by atoms with Crippen LogP contribution in [0.2, 0.25) is 0 Å². The number of amides is 1. The molecule has 1 amide bonds. The molecule has 1 aliphatic heterocycles. The van der Waals surface area contributed by atoms with Gasteiger partial charge in [-0.15, -0.1) is 12.4 Å². The van der Waals surface area contributed by atoms with Crippen molar-refractivity contribution in [3.8, 4) is 5.75 Å². The summed E-state index contributed by atoms with van der Waals surface area (Å²) in [6.07, 6.45) is 0. The Morgan fingerprint density at radius 2 is 2.14 bits per heavy atom. The molecular formula is C15H24ClN3O2. The van der Waals surface area contributed by atoms with Crippen LogP contribution in [0.3, 0.4) is 0 Å². The van der Waals surface area contributed by atoms with Gasteiger partial charge in [-0.25, -0.2) is 0 Å². The van der Waals surface area contributed by atoms with Crippen LogP contribution < -0.4 is 15.4 Å². The highest BCUT2D eigenvalue weighted by Crippen LogP contribution is 2.15. The van der Waals surface area contributed by atoms with Gasteiger partial charge in [-0.2, -0.15) is 0 Å². The SMILES string of the molecule is CCOc1ccc(NC(=O)CN2CCNCC2C)cc1.Cl. The Balaban J connectivity index is 0.00000220. The van der Waals surface area contributed by atoms with Gasteiger partial charge in [-0.1, -0.05) is 0 Å². The Hall–Kier alpha value is -1.30. The molecule has 21 heavy (non-hydrogen) atoms. The van der Waals surface area contributed by atoms with Crippen molar-refractivity contribution in [2.24, 2.45) is 0 Å².